The molecule has 0 heterocycles. The van der Waals surface area contributed by atoms with Gasteiger partial charge >= 0.3 is 5.97 Å². The molecule has 1 aliphatic rings. The predicted molar refractivity (Wildman–Crippen MR) is 130 cm³/mol. The lowest BCUT2D eigenvalue weighted by atomic mass is 9.72. The zero-order chi connectivity index (χ0) is 23.0. The van der Waals surface area contributed by atoms with Crippen LogP contribution in [0.25, 0.3) is 16.3 Å². The maximum absolute atomic E-state index is 13.3. The molecule has 0 radical (unpaired) electrons. The number of benzene rings is 3. The molecule has 1 amide bonds. The summed E-state index contributed by atoms with van der Waals surface area (Å²) in [6, 6.07) is 18.1. The van der Waals surface area contributed by atoms with Crippen molar-refractivity contribution >= 4 is 33.9 Å². The Morgan fingerprint density at radius 3 is 2.25 bits per heavy atom. The summed E-state index contributed by atoms with van der Waals surface area (Å²) in [6.45, 7) is 8.83. The second-order valence-electron chi connectivity index (χ2n) is 9.10. The molecule has 4 rings (SSSR count). The molecule has 0 unspecified atom stereocenters. The third-order valence-corrected chi connectivity index (χ3v) is 6.46. The van der Waals surface area contributed by atoms with Crippen LogP contribution in [0.3, 0.4) is 0 Å². The average Bonchev–Trinajstić information content (AvgIpc) is 2.76. The summed E-state index contributed by atoms with van der Waals surface area (Å²) in [4.78, 5) is 24.4. The van der Waals surface area contributed by atoms with Crippen molar-refractivity contribution in [2.45, 2.75) is 34.1 Å². The molecule has 1 aliphatic carbocycles. The minimum absolute atomic E-state index is 0.0557. The number of hydrogen-bond donors (Lipinski definition) is 2. The van der Waals surface area contributed by atoms with E-state index in [0.717, 1.165) is 22.8 Å². The first-order chi connectivity index (χ1) is 15.2. The summed E-state index contributed by atoms with van der Waals surface area (Å²) in [5, 5.41) is 14.0. The van der Waals surface area contributed by atoms with Crippen molar-refractivity contribution in [1.29, 1.82) is 0 Å². The highest BCUT2D eigenvalue weighted by atomic mass is 16.4. The van der Waals surface area contributed by atoms with Crippen molar-refractivity contribution in [2.24, 2.45) is 5.41 Å². The highest BCUT2D eigenvalue weighted by molar-refractivity contribution is 6.15. The van der Waals surface area contributed by atoms with Crippen LogP contribution < -0.4 is 5.32 Å². The van der Waals surface area contributed by atoms with Gasteiger partial charge in [0.15, 0.2) is 0 Å². The average molecular weight is 426 g/mol. The van der Waals surface area contributed by atoms with Crippen LogP contribution in [0.5, 0.6) is 0 Å². The number of carboxylic acid groups (broad SMARTS) is 1. The highest BCUT2D eigenvalue weighted by Crippen LogP contribution is 2.44. The minimum atomic E-state index is -0.995. The lowest BCUT2D eigenvalue weighted by Crippen LogP contribution is -2.18. The predicted octanol–water partition coefficient (Wildman–Crippen LogP) is 6.94. The van der Waals surface area contributed by atoms with E-state index in [1.807, 2.05) is 30.3 Å². The van der Waals surface area contributed by atoms with Crippen LogP contribution in [0, 0.1) is 5.41 Å². The van der Waals surface area contributed by atoms with E-state index in [2.05, 4.69) is 45.2 Å². The first kappa shape index (κ1) is 21.6. The third kappa shape index (κ3) is 3.96. The minimum Gasteiger partial charge on any atom is -0.478 e. The Morgan fingerprint density at radius 1 is 0.938 bits per heavy atom. The molecule has 4 nitrogen and oxygen atoms in total. The van der Waals surface area contributed by atoms with Crippen molar-refractivity contribution < 1.29 is 14.7 Å². The Balaban J connectivity index is 1.79. The van der Waals surface area contributed by atoms with E-state index in [1.54, 1.807) is 12.1 Å². The smallest absolute Gasteiger partial charge is 0.335 e. The summed E-state index contributed by atoms with van der Waals surface area (Å²) in [5.41, 5.74) is 6.34. The number of carboxylic acids is 1. The van der Waals surface area contributed by atoms with Gasteiger partial charge in [0.05, 0.1) is 5.56 Å². The number of carbonyl (C=O) groups is 2. The van der Waals surface area contributed by atoms with Crippen molar-refractivity contribution in [3.8, 4) is 0 Å². The Morgan fingerprint density at radius 2 is 1.59 bits per heavy atom. The van der Waals surface area contributed by atoms with E-state index in [1.165, 1.54) is 28.9 Å². The quantitative estimate of drug-likeness (QED) is 0.476. The molecule has 4 heteroatoms. The van der Waals surface area contributed by atoms with E-state index in [0.29, 0.717) is 11.3 Å². The lowest BCUT2D eigenvalue weighted by Gasteiger charge is -2.33. The molecule has 3 aromatic rings. The monoisotopic (exact) mass is 425 g/mol. The van der Waals surface area contributed by atoms with E-state index >= 15 is 0 Å². The van der Waals surface area contributed by atoms with Crippen LogP contribution in [0.1, 0.15) is 60.4 Å². The number of carbonyl (C=O) groups excluding carboxylic acids is 1. The second kappa shape index (κ2) is 8.12. The van der Waals surface area contributed by atoms with Crippen molar-refractivity contribution in [1.82, 2.24) is 0 Å². The van der Waals surface area contributed by atoms with Gasteiger partial charge in [0, 0.05) is 16.6 Å². The second-order valence-corrected chi connectivity index (χ2v) is 9.10. The Kier molecular flexibility index (Phi) is 5.47. The van der Waals surface area contributed by atoms with E-state index in [4.69, 9.17) is 5.11 Å². The molecule has 0 aliphatic heterocycles. The Hall–Kier alpha value is -3.66. The lowest BCUT2D eigenvalue weighted by molar-refractivity contribution is 0.0696. The van der Waals surface area contributed by atoms with Crippen molar-refractivity contribution in [2.75, 3.05) is 5.32 Å². The third-order valence-electron chi connectivity index (χ3n) is 6.46. The summed E-state index contributed by atoms with van der Waals surface area (Å²) in [5.74, 6) is -1.21. The van der Waals surface area contributed by atoms with Gasteiger partial charge in [-0.25, -0.2) is 4.79 Å². The first-order valence-electron chi connectivity index (χ1n) is 10.7. The van der Waals surface area contributed by atoms with Gasteiger partial charge in [-0.3, -0.25) is 4.79 Å². The summed E-state index contributed by atoms with van der Waals surface area (Å²) in [6.07, 6.45) is 3.16. The molecule has 0 saturated heterocycles. The van der Waals surface area contributed by atoms with Gasteiger partial charge in [0.25, 0.3) is 5.91 Å². The maximum Gasteiger partial charge on any atom is 0.335 e. The number of hydrogen-bond acceptors (Lipinski definition) is 2. The molecule has 3 aromatic carbocycles. The highest BCUT2D eigenvalue weighted by Gasteiger charge is 2.28. The molecule has 32 heavy (non-hydrogen) atoms. The van der Waals surface area contributed by atoms with Gasteiger partial charge in [0.2, 0.25) is 0 Å². The molecule has 162 valence electrons. The largest absolute Gasteiger partial charge is 0.478 e. The molecule has 0 fully saturated rings. The fourth-order valence-corrected chi connectivity index (χ4v) is 4.31. The number of rotatable bonds is 4. The molecule has 0 bridgehead atoms. The number of anilines is 1. The number of nitrogens with one attached hydrogen (secondary N) is 1. The van der Waals surface area contributed by atoms with Gasteiger partial charge in [0.1, 0.15) is 0 Å². The van der Waals surface area contributed by atoms with Crippen LogP contribution in [-0.4, -0.2) is 17.0 Å². The van der Waals surface area contributed by atoms with E-state index in [-0.39, 0.29) is 16.9 Å². The van der Waals surface area contributed by atoms with Crippen LogP contribution in [0.4, 0.5) is 5.69 Å². The zero-order valence-electron chi connectivity index (χ0n) is 18.8. The fourth-order valence-electron chi connectivity index (χ4n) is 4.31. The molecule has 0 saturated carbocycles. The normalized spacial score (nSPS) is 15.4. The Bertz CT molecular complexity index is 1290. The van der Waals surface area contributed by atoms with Crippen LogP contribution in [0.15, 0.2) is 77.9 Å². The zero-order valence-corrected chi connectivity index (χ0v) is 18.8. The molecule has 2 N–H and O–H groups in total. The van der Waals surface area contributed by atoms with Crippen molar-refractivity contribution in [3.63, 3.8) is 0 Å². The summed E-state index contributed by atoms with van der Waals surface area (Å²) < 4.78 is 0. The van der Waals surface area contributed by atoms with E-state index in [9.17, 15) is 9.59 Å². The number of amides is 1. The van der Waals surface area contributed by atoms with Gasteiger partial charge in [-0.2, -0.15) is 0 Å². The number of aromatic carboxylic acids is 1. The number of allylic oxidation sites excluding steroid dienone is 4. The summed E-state index contributed by atoms with van der Waals surface area (Å²) >= 11 is 0. The van der Waals surface area contributed by atoms with Gasteiger partial charge in [-0.1, -0.05) is 55.8 Å². The molecule has 0 spiro atoms. The molecular formula is C28H27NO3. The van der Waals surface area contributed by atoms with Gasteiger partial charge in [-0.05, 0) is 78.1 Å². The maximum atomic E-state index is 13.3. The van der Waals surface area contributed by atoms with Gasteiger partial charge in [-0.15, -0.1) is 0 Å². The van der Waals surface area contributed by atoms with E-state index < -0.39 is 5.97 Å². The van der Waals surface area contributed by atoms with Crippen molar-refractivity contribution in [3.05, 3.63) is 94.6 Å². The Labute approximate surface area is 188 Å². The van der Waals surface area contributed by atoms with Crippen LogP contribution in [-0.2, 0) is 0 Å². The molecule has 0 atom stereocenters. The number of fused-ring (bicyclic) bond motifs is 1. The van der Waals surface area contributed by atoms with Crippen LogP contribution in [0.2, 0.25) is 0 Å². The summed E-state index contributed by atoms with van der Waals surface area (Å²) in [7, 11) is 0. The van der Waals surface area contributed by atoms with Crippen LogP contribution >= 0.6 is 0 Å². The molecular weight excluding hydrogens is 398 g/mol. The fraction of sp³-hybridized carbons (Fsp3) is 0.214. The first-order valence-corrected chi connectivity index (χ1v) is 10.7. The SMILES string of the molecule is CC1=CC(C)=C(c2cccc3cccc(C(=O)Nc4ccc(C(=O)O)cc4)c23)CC1(C)C. The topological polar surface area (TPSA) is 66.4 Å². The standard InChI is InChI=1S/C28H27NO3/c1-17-15-18(2)28(3,4)16-24(17)22-9-5-7-19-8-6-10-23(25(19)22)26(30)29-21-13-11-20(12-14-21)27(31)32/h5-15H,16H2,1-4H3,(H,29,30)(H,31,32). The molecule has 0 aromatic heterocycles. The van der Waals surface area contributed by atoms with Gasteiger partial charge < -0.3 is 10.4 Å².